The maximum Gasteiger partial charge on any atom is 0.119 e. The van der Waals surface area contributed by atoms with Crippen molar-refractivity contribution < 1.29 is 5.11 Å². The highest BCUT2D eigenvalue weighted by Crippen LogP contribution is 2.71. The molecule has 3 atom stereocenters. The van der Waals surface area contributed by atoms with Gasteiger partial charge < -0.3 is 5.11 Å². The van der Waals surface area contributed by atoms with Gasteiger partial charge in [-0.3, -0.25) is 4.68 Å². The van der Waals surface area contributed by atoms with Crippen molar-refractivity contribution in [3.63, 3.8) is 0 Å². The molecule has 0 aliphatic heterocycles. The molecule has 2 aliphatic rings. The van der Waals surface area contributed by atoms with E-state index in [1.165, 1.54) is 6.42 Å². The second-order valence-corrected chi connectivity index (χ2v) is 6.81. The number of fused-ring (bicyclic) bond motifs is 2. The van der Waals surface area contributed by atoms with Crippen molar-refractivity contribution in [2.75, 3.05) is 0 Å². The molecule has 3 nitrogen and oxygen atoms in total. The lowest BCUT2D eigenvalue weighted by Crippen LogP contribution is -2.51. The van der Waals surface area contributed by atoms with E-state index in [0.29, 0.717) is 5.92 Å². The molecule has 1 N–H and O–H groups in total. The number of aryl methyl sites for hydroxylation is 1. The first-order valence-corrected chi connectivity index (χ1v) is 6.54. The smallest absolute Gasteiger partial charge is 0.119 e. The van der Waals surface area contributed by atoms with Crippen molar-refractivity contribution in [3.8, 4) is 0 Å². The third-order valence-electron chi connectivity index (χ3n) is 5.65. The third-order valence-corrected chi connectivity index (χ3v) is 5.65. The van der Waals surface area contributed by atoms with Crippen LogP contribution < -0.4 is 0 Å². The van der Waals surface area contributed by atoms with Crippen molar-refractivity contribution in [2.45, 2.75) is 45.6 Å². The van der Waals surface area contributed by atoms with Crippen LogP contribution in [0.2, 0.25) is 0 Å². The fraction of sp³-hybridized carbons (Fsp3) is 0.786. The Balaban J connectivity index is 2.17. The highest BCUT2D eigenvalue weighted by molar-refractivity contribution is 5.27. The van der Waals surface area contributed by atoms with Crippen LogP contribution in [-0.4, -0.2) is 14.9 Å². The van der Waals surface area contributed by atoms with E-state index in [4.69, 9.17) is 0 Å². The molecule has 1 heterocycles. The van der Waals surface area contributed by atoms with Gasteiger partial charge in [0.05, 0.1) is 5.69 Å². The molecule has 2 saturated carbocycles. The quantitative estimate of drug-likeness (QED) is 0.810. The van der Waals surface area contributed by atoms with Gasteiger partial charge in [-0.05, 0) is 31.2 Å². The maximum absolute atomic E-state index is 11.4. The number of nitrogens with zero attached hydrogens (tertiary/aromatic N) is 2. The summed E-state index contributed by atoms with van der Waals surface area (Å²) >= 11 is 0. The zero-order valence-electron chi connectivity index (χ0n) is 11.2. The van der Waals surface area contributed by atoms with Gasteiger partial charge in [-0.25, -0.2) is 0 Å². The molecule has 2 aliphatic carbocycles. The number of hydrogen-bond acceptors (Lipinski definition) is 2. The monoisotopic (exact) mass is 234 g/mol. The van der Waals surface area contributed by atoms with Crippen LogP contribution in [0.5, 0.6) is 0 Å². The van der Waals surface area contributed by atoms with Crippen LogP contribution in [0.1, 0.15) is 45.7 Å². The van der Waals surface area contributed by atoms with Crippen LogP contribution >= 0.6 is 0 Å². The van der Waals surface area contributed by atoms with E-state index in [1.54, 1.807) is 4.68 Å². The summed E-state index contributed by atoms with van der Waals surface area (Å²) in [5.74, 6) is 0.625. The van der Waals surface area contributed by atoms with Gasteiger partial charge in [0.25, 0.3) is 0 Å². The molecule has 0 spiro atoms. The highest BCUT2D eigenvalue weighted by atomic mass is 16.3. The van der Waals surface area contributed by atoms with Crippen LogP contribution in [0.4, 0.5) is 0 Å². The third kappa shape index (κ3) is 1.09. The van der Waals surface area contributed by atoms with Gasteiger partial charge in [0.2, 0.25) is 0 Å². The lowest BCUT2D eigenvalue weighted by Gasteiger charge is -2.49. The summed E-state index contributed by atoms with van der Waals surface area (Å²) in [7, 11) is 1.91. The summed E-state index contributed by atoms with van der Waals surface area (Å²) in [4.78, 5) is 0. The average molecular weight is 234 g/mol. The minimum atomic E-state index is -0.774. The molecule has 3 unspecified atom stereocenters. The van der Waals surface area contributed by atoms with Gasteiger partial charge in [-0.2, -0.15) is 5.10 Å². The predicted octanol–water partition coefficient (Wildman–Crippen LogP) is 2.45. The topological polar surface area (TPSA) is 38.0 Å². The van der Waals surface area contributed by atoms with Crippen LogP contribution in [0.15, 0.2) is 12.3 Å². The molecule has 2 fully saturated rings. The van der Waals surface area contributed by atoms with Gasteiger partial charge in [0.15, 0.2) is 0 Å². The molecular formula is C14H22N2O. The Bertz CT molecular complexity index is 458. The Kier molecular flexibility index (Phi) is 1.95. The zero-order chi connectivity index (χ0) is 12.5. The number of hydrogen-bond donors (Lipinski definition) is 1. The van der Waals surface area contributed by atoms with Crippen molar-refractivity contribution >= 4 is 0 Å². The largest absolute Gasteiger partial charge is 0.382 e. The van der Waals surface area contributed by atoms with E-state index >= 15 is 0 Å². The first-order valence-electron chi connectivity index (χ1n) is 6.54. The van der Waals surface area contributed by atoms with E-state index < -0.39 is 5.60 Å². The fourth-order valence-corrected chi connectivity index (χ4v) is 4.51. The van der Waals surface area contributed by atoms with E-state index in [-0.39, 0.29) is 10.8 Å². The Morgan fingerprint density at radius 1 is 1.41 bits per heavy atom. The first-order chi connectivity index (χ1) is 7.81. The summed E-state index contributed by atoms with van der Waals surface area (Å²) < 4.78 is 1.79. The Labute approximate surface area is 103 Å². The maximum atomic E-state index is 11.4. The zero-order valence-corrected chi connectivity index (χ0v) is 11.2. The molecular weight excluding hydrogens is 212 g/mol. The molecule has 0 saturated heterocycles. The number of aliphatic hydroxyl groups is 1. The van der Waals surface area contributed by atoms with Gasteiger partial charge in [0, 0.05) is 24.1 Å². The Morgan fingerprint density at radius 2 is 2.12 bits per heavy atom. The van der Waals surface area contributed by atoms with Crippen molar-refractivity contribution in [1.29, 1.82) is 0 Å². The Hall–Kier alpha value is -0.830. The van der Waals surface area contributed by atoms with Crippen molar-refractivity contribution in [1.82, 2.24) is 9.78 Å². The SMILES string of the molecule is Cn1ccc(C2(O)C3(C)CCC(C3)C2(C)C)n1. The molecule has 94 valence electrons. The minimum Gasteiger partial charge on any atom is -0.382 e. The summed E-state index contributed by atoms with van der Waals surface area (Å²) in [6.45, 7) is 6.64. The van der Waals surface area contributed by atoms with E-state index in [2.05, 4.69) is 25.9 Å². The average Bonchev–Trinajstić information content (AvgIpc) is 2.86. The first kappa shape index (κ1) is 11.3. The summed E-state index contributed by atoms with van der Waals surface area (Å²) in [5.41, 5.74) is 0.00308. The van der Waals surface area contributed by atoms with Crippen LogP contribution in [0, 0.1) is 16.7 Å². The lowest BCUT2D eigenvalue weighted by atomic mass is 9.59. The summed E-state index contributed by atoms with van der Waals surface area (Å²) in [6, 6.07) is 1.98. The molecule has 3 heteroatoms. The normalized spacial score (nSPS) is 43.2. The number of rotatable bonds is 1. The molecule has 0 amide bonds. The minimum absolute atomic E-state index is 0.00444. The number of aromatic nitrogens is 2. The molecule has 2 bridgehead atoms. The van der Waals surface area contributed by atoms with Crippen LogP contribution in [0.3, 0.4) is 0 Å². The summed E-state index contributed by atoms with van der Waals surface area (Å²) in [5, 5.41) is 15.9. The molecule has 0 radical (unpaired) electrons. The van der Waals surface area contributed by atoms with E-state index in [1.807, 2.05) is 19.3 Å². The van der Waals surface area contributed by atoms with Gasteiger partial charge >= 0.3 is 0 Å². The molecule has 0 aromatic carbocycles. The van der Waals surface area contributed by atoms with Gasteiger partial charge in [-0.1, -0.05) is 20.8 Å². The van der Waals surface area contributed by atoms with Gasteiger partial charge in [0.1, 0.15) is 5.60 Å². The van der Waals surface area contributed by atoms with Gasteiger partial charge in [-0.15, -0.1) is 0 Å². The molecule has 3 rings (SSSR count). The van der Waals surface area contributed by atoms with Crippen LogP contribution in [-0.2, 0) is 12.6 Å². The lowest BCUT2D eigenvalue weighted by molar-refractivity contribution is -0.153. The van der Waals surface area contributed by atoms with Crippen LogP contribution in [0.25, 0.3) is 0 Å². The second kappa shape index (κ2) is 2.94. The fourth-order valence-electron chi connectivity index (χ4n) is 4.51. The molecule has 1 aromatic rings. The van der Waals surface area contributed by atoms with E-state index in [9.17, 15) is 5.11 Å². The highest BCUT2D eigenvalue weighted by Gasteiger charge is 2.69. The summed E-state index contributed by atoms with van der Waals surface area (Å²) in [6.07, 6.45) is 5.43. The van der Waals surface area contributed by atoms with E-state index in [0.717, 1.165) is 18.5 Å². The second-order valence-electron chi connectivity index (χ2n) is 6.81. The molecule has 1 aromatic heterocycles. The standard InChI is InChI=1S/C14H22N2O/c1-12(2)10-5-7-13(3,9-10)14(12,17)11-6-8-16(4)15-11/h6,8,10,17H,5,7,9H2,1-4H3. The van der Waals surface area contributed by atoms with Crippen molar-refractivity contribution in [3.05, 3.63) is 18.0 Å². The Morgan fingerprint density at radius 3 is 2.59 bits per heavy atom. The molecule has 17 heavy (non-hydrogen) atoms. The predicted molar refractivity (Wildman–Crippen MR) is 66.3 cm³/mol. The van der Waals surface area contributed by atoms with Crippen molar-refractivity contribution in [2.24, 2.45) is 23.8 Å².